The van der Waals surface area contributed by atoms with E-state index < -0.39 is 0 Å². The lowest BCUT2D eigenvalue weighted by Gasteiger charge is -2.28. The van der Waals surface area contributed by atoms with E-state index >= 15 is 0 Å². The van der Waals surface area contributed by atoms with Crippen molar-refractivity contribution in [2.24, 2.45) is 11.7 Å². The second kappa shape index (κ2) is 5.75. The van der Waals surface area contributed by atoms with Crippen molar-refractivity contribution >= 4 is 0 Å². The third-order valence-corrected chi connectivity index (χ3v) is 3.91. The molecular formula is C16H25NO. The Labute approximate surface area is 111 Å². The van der Waals surface area contributed by atoms with E-state index in [9.17, 15) is 0 Å². The van der Waals surface area contributed by atoms with E-state index in [0.717, 1.165) is 17.2 Å². The Morgan fingerprint density at radius 1 is 1.22 bits per heavy atom. The third-order valence-electron chi connectivity index (χ3n) is 3.91. The first-order chi connectivity index (χ1) is 8.56. The van der Waals surface area contributed by atoms with Crippen molar-refractivity contribution in [1.29, 1.82) is 0 Å². The zero-order chi connectivity index (χ0) is 13.1. The van der Waals surface area contributed by atoms with Gasteiger partial charge in [-0.1, -0.05) is 24.6 Å². The summed E-state index contributed by atoms with van der Waals surface area (Å²) in [4.78, 5) is 0. The number of hydrogen-bond acceptors (Lipinski definition) is 2. The van der Waals surface area contributed by atoms with Gasteiger partial charge < -0.3 is 10.5 Å². The highest BCUT2D eigenvalue weighted by molar-refractivity contribution is 5.38. The number of nitrogens with two attached hydrogens (primary N) is 1. The summed E-state index contributed by atoms with van der Waals surface area (Å²) in [5.74, 6) is 1.84. The van der Waals surface area contributed by atoms with Crippen molar-refractivity contribution in [3.05, 3.63) is 29.3 Å². The molecule has 2 rings (SSSR count). The molecule has 2 heteroatoms. The molecule has 1 aliphatic rings. The second-order valence-electron chi connectivity index (χ2n) is 5.83. The van der Waals surface area contributed by atoms with Crippen molar-refractivity contribution in [2.45, 2.75) is 58.6 Å². The zero-order valence-corrected chi connectivity index (χ0v) is 11.8. The van der Waals surface area contributed by atoms with Gasteiger partial charge >= 0.3 is 0 Å². The van der Waals surface area contributed by atoms with Crippen LogP contribution in [0.1, 0.15) is 56.7 Å². The number of benzene rings is 1. The smallest absolute Gasteiger partial charge is 0.124 e. The molecule has 1 aromatic carbocycles. The Balaban J connectivity index is 2.09. The van der Waals surface area contributed by atoms with Crippen molar-refractivity contribution in [3.63, 3.8) is 0 Å². The summed E-state index contributed by atoms with van der Waals surface area (Å²) in [5.41, 5.74) is 8.41. The van der Waals surface area contributed by atoms with Gasteiger partial charge in [0.2, 0.25) is 0 Å². The molecule has 0 amide bonds. The van der Waals surface area contributed by atoms with Crippen LogP contribution < -0.4 is 10.5 Å². The number of aryl methyl sites for hydroxylation is 1. The highest BCUT2D eigenvalue weighted by atomic mass is 16.5. The molecule has 1 fully saturated rings. The Morgan fingerprint density at radius 2 is 1.89 bits per heavy atom. The average Bonchev–Trinajstić information content (AvgIpc) is 2.34. The van der Waals surface area contributed by atoms with Gasteiger partial charge in [-0.25, -0.2) is 0 Å². The molecule has 0 radical (unpaired) electrons. The maximum absolute atomic E-state index is 6.17. The van der Waals surface area contributed by atoms with Crippen molar-refractivity contribution < 1.29 is 4.74 Å². The SMILES string of the molecule is Cc1ccc(OC2CCC(C)CC2)c([C@H](C)N)c1. The predicted octanol–water partition coefficient (Wildman–Crippen LogP) is 3.97. The van der Waals surface area contributed by atoms with Crippen LogP contribution in [-0.2, 0) is 0 Å². The Hall–Kier alpha value is -1.02. The first-order valence-corrected chi connectivity index (χ1v) is 7.09. The van der Waals surface area contributed by atoms with Gasteiger partial charge in [0.1, 0.15) is 5.75 Å². The molecule has 2 N–H and O–H groups in total. The minimum absolute atomic E-state index is 0.0300. The summed E-state index contributed by atoms with van der Waals surface area (Å²) in [6, 6.07) is 6.35. The van der Waals surface area contributed by atoms with E-state index in [1.54, 1.807) is 0 Å². The molecule has 18 heavy (non-hydrogen) atoms. The van der Waals surface area contributed by atoms with E-state index in [1.165, 1.54) is 31.2 Å². The van der Waals surface area contributed by atoms with E-state index in [0.29, 0.717) is 6.10 Å². The van der Waals surface area contributed by atoms with Gasteiger partial charge in [0.15, 0.2) is 0 Å². The van der Waals surface area contributed by atoms with Crippen LogP contribution in [-0.4, -0.2) is 6.10 Å². The number of ether oxygens (including phenoxy) is 1. The highest BCUT2D eigenvalue weighted by Gasteiger charge is 2.20. The van der Waals surface area contributed by atoms with Crippen LogP contribution in [0.2, 0.25) is 0 Å². The summed E-state index contributed by atoms with van der Waals surface area (Å²) < 4.78 is 6.17. The largest absolute Gasteiger partial charge is 0.490 e. The molecule has 0 aromatic heterocycles. The number of hydrogen-bond donors (Lipinski definition) is 1. The topological polar surface area (TPSA) is 35.2 Å². The van der Waals surface area contributed by atoms with Crippen LogP contribution in [0.3, 0.4) is 0 Å². The van der Waals surface area contributed by atoms with Gasteiger partial charge in [-0.05, 0) is 51.5 Å². The van der Waals surface area contributed by atoms with E-state index in [-0.39, 0.29) is 6.04 Å². The molecule has 0 aliphatic heterocycles. The van der Waals surface area contributed by atoms with Crippen LogP contribution in [0.15, 0.2) is 18.2 Å². The lowest BCUT2D eigenvalue weighted by Crippen LogP contribution is -2.24. The normalized spacial score (nSPS) is 25.8. The van der Waals surface area contributed by atoms with Gasteiger partial charge in [-0.15, -0.1) is 0 Å². The maximum atomic E-state index is 6.17. The van der Waals surface area contributed by atoms with Crippen LogP contribution in [0.25, 0.3) is 0 Å². The molecule has 2 nitrogen and oxygen atoms in total. The summed E-state index contributed by atoms with van der Waals surface area (Å²) in [5, 5.41) is 0. The average molecular weight is 247 g/mol. The maximum Gasteiger partial charge on any atom is 0.124 e. The van der Waals surface area contributed by atoms with Crippen LogP contribution in [0.4, 0.5) is 0 Å². The predicted molar refractivity (Wildman–Crippen MR) is 75.8 cm³/mol. The Morgan fingerprint density at radius 3 is 2.50 bits per heavy atom. The van der Waals surface area contributed by atoms with Gasteiger partial charge in [0, 0.05) is 11.6 Å². The monoisotopic (exact) mass is 247 g/mol. The second-order valence-corrected chi connectivity index (χ2v) is 5.83. The van der Waals surface area contributed by atoms with E-state index in [4.69, 9.17) is 10.5 Å². The van der Waals surface area contributed by atoms with Gasteiger partial charge in [0.25, 0.3) is 0 Å². The summed E-state index contributed by atoms with van der Waals surface area (Å²) in [6.07, 6.45) is 5.29. The fourth-order valence-corrected chi connectivity index (χ4v) is 2.66. The van der Waals surface area contributed by atoms with Crippen molar-refractivity contribution in [3.8, 4) is 5.75 Å². The lowest BCUT2D eigenvalue weighted by molar-refractivity contribution is 0.134. The Kier molecular flexibility index (Phi) is 4.28. The molecule has 0 saturated heterocycles. The first-order valence-electron chi connectivity index (χ1n) is 7.09. The molecular weight excluding hydrogens is 222 g/mol. The van der Waals surface area contributed by atoms with Crippen molar-refractivity contribution in [2.75, 3.05) is 0 Å². The molecule has 0 spiro atoms. The molecule has 0 bridgehead atoms. The molecule has 1 atom stereocenters. The molecule has 1 aromatic rings. The summed E-state index contributed by atoms with van der Waals surface area (Å²) in [7, 11) is 0. The van der Waals surface area contributed by atoms with Crippen LogP contribution >= 0.6 is 0 Å². The summed E-state index contributed by atoms with van der Waals surface area (Å²) >= 11 is 0. The minimum Gasteiger partial charge on any atom is -0.490 e. The van der Waals surface area contributed by atoms with Crippen LogP contribution in [0.5, 0.6) is 5.75 Å². The zero-order valence-electron chi connectivity index (χ0n) is 11.8. The van der Waals surface area contributed by atoms with E-state index in [2.05, 4.69) is 32.0 Å². The fraction of sp³-hybridized carbons (Fsp3) is 0.625. The van der Waals surface area contributed by atoms with Gasteiger partial charge in [0.05, 0.1) is 6.10 Å². The molecule has 0 unspecified atom stereocenters. The number of rotatable bonds is 3. The van der Waals surface area contributed by atoms with Gasteiger partial charge in [-0.2, -0.15) is 0 Å². The molecule has 0 heterocycles. The van der Waals surface area contributed by atoms with Crippen LogP contribution in [0, 0.1) is 12.8 Å². The minimum atomic E-state index is 0.0300. The Bertz CT molecular complexity index is 392. The van der Waals surface area contributed by atoms with Crippen molar-refractivity contribution in [1.82, 2.24) is 0 Å². The quantitative estimate of drug-likeness (QED) is 0.877. The standard InChI is InChI=1S/C16H25NO/c1-11-4-7-14(8-5-11)18-16-9-6-12(2)10-15(16)13(3)17/h6,9-11,13-14H,4-5,7-8,17H2,1-3H3/t11?,13-,14?/m0/s1. The van der Waals surface area contributed by atoms with E-state index in [1.807, 2.05) is 6.92 Å². The molecule has 100 valence electrons. The third kappa shape index (κ3) is 3.26. The summed E-state index contributed by atoms with van der Waals surface area (Å²) in [6.45, 7) is 6.44. The first kappa shape index (κ1) is 13.4. The van der Waals surface area contributed by atoms with Gasteiger partial charge in [-0.3, -0.25) is 0 Å². The molecule has 1 aliphatic carbocycles. The molecule has 1 saturated carbocycles. The lowest BCUT2D eigenvalue weighted by atomic mass is 9.89. The fourth-order valence-electron chi connectivity index (χ4n) is 2.66. The highest BCUT2D eigenvalue weighted by Crippen LogP contribution is 2.31.